The lowest BCUT2D eigenvalue weighted by atomic mass is 10.1. The fraction of sp³-hybridized carbons (Fsp3) is 0.250. The van der Waals surface area contributed by atoms with Crippen LogP contribution in [0.5, 0.6) is 23.0 Å². The summed E-state index contributed by atoms with van der Waals surface area (Å²) in [4.78, 5) is 38.8. The molecule has 9 nitrogen and oxygen atoms in total. The van der Waals surface area contributed by atoms with E-state index < -0.39 is 11.7 Å². The molecule has 4 rings (SSSR count). The summed E-state index contributed by atoms with van der Waals surface area (Å²) in [5.41, 5.74) is 1.67. The van der Waals surface area contributed by atoms with Gasteiger partial charge < -0.3 is 29.2 Å². The minimum Gasteiger partial charge on any atom is -0.497 e. The number of carbonyl (C=O) groups is 3. The van der Waals surface area contributed by atoms with Gasteiger partial charge in [0.1, 0.15) is 31.3 Å². The normalized spacial score (nSPS) is 12.9. The zero-order valence-corrected chi connectivity index (χ0v) is 21.7. The van der Waals surface area contributed by atoms with E-state index in [0.29, 0.717) is 11.5 Å². The number of rotatable bonds is 10. The highest BCUT2D eigenvalue weighted by Gasteiger charge is 2.30. The van der Waals surface area contributed by atoms with Gasteiger partial charge in [-0.2, -0.15) is 0 Å². The van der Waals surface area contributed by atoms with Crippen molar-refractivity contribution in [2.75, 3.05) is 33.9 Å². The molecule has 0 unspecified atom stereocenters. The van der Waals surface area contributed by atoms with E-state index in [2.05, 4.69) is 5.32 Å². The van der Waals surface area contributed by atoms with Crippen LogP contribution >= 0.6 is 11.6 Å². The van der Waals surface area contributed by atoms with Crippen LogP contribution in [0.4, 0.5) is 0 Å². The van der Waals surface area contributed by atoms with Crippen molar-refractivity contribution >= 4 is 29.2 Å². The molecule has 0 aromatic heterocycles. The Labute approximate surface area is 225 Å². The summed E-state index contributed by atoms with van der Waals surface area (Å²) in [7, 11) is 3.17. The molecule has 0 aliphatic carbocycles. The molecule has 1 aliphatic rings. The van der Waals surface area contributed by atoms with Crippen LogP contribution in [0.1, 0.15) is 21.5 Å². The molecule has 3 aromatic carbocycles. The summed E-state index contributed by atoms with van der Waals surface area (Å²) in [6.45, 7) is 0.651. The highest BCUT2D eigenvalue weighted by Crippen LogP contribution is 2.39. The fourth-order valence-corrected chi connectivity index (χ4v) is 4.09. The Kier molecular flexibility index (Phi) is 8.70. The van der Waals surface area contributed by atoms with Gasteiger partial charge in [-0.05, 0) is 47.5 Å². The van der Waals surface area contributed by atoms with Crippen LogP contribution in [0.2, 0.25) is 5.02 Å². The van der Waals surface area contributed by atoms with Crippen molar-refractivity contribution < 1.29 is 33.3 Å². The van der Waals surface area contributed by atoms with Gasteiger partial charge in [0.05, 0.1) is 24.8 Å². The molecular weight excluding hydrogens is 512 g/mol. The Morgan fingerprint density at radius 1 is 0.868 bits per heavy atom. The summed E-state index contributed by atoms with van der Waals surface area (Å²) in [5.74, 6) is -0.108. The zero-order valence-electron chi connectivity index (χ0n) is 21.0. The minimum atomic E-state index is -0.833. The maximum atomic E-state index is 13.1. The van der Waals surface area contributed by atoms with Gasteiger partial charge in [0, 0.05) is 13.1 Å². The van der Waals surface area contributed by atoms with E-state index >= 15 is 0 Å². The molecule has 0 bridgehead atoms. The molecule has 1 N–H and O–H groups in total. The number of benzene rings is 3. The lowest BCUT2D eigenvalue weighted by molar-refractivity contribution is -0.134. The number of nitrogens with zero attached hydrogens (tertiary/aromatic N) is 1. The number of nitrogens with one attached hydrogen (secondary N) is 1. The van der Waals surface area contributed by atoms with Gasteiger partial charge in [0.25, 0.3) is 11.7 Å². The molecule has 1 saturated heterocycles. The fourth-order valence-electron chi connectivity index (χ4n) is 3.79. The topological polar surface area (TPSA) is 103 Å². The van der Waals surface area contributed by atoms with Gasteiger partial charge in [0.15, 0.2) is 11.5 Å². The second kappa shape index (κ2) is 12.3. The maximum Gasteiger partial charge on any atom is 0.295 e. The van der Waals surface area contributed by atoms with Crippen LogP contribution in [0.15, 0.2) is 60.7 Å². The first-order valence-electron chi connectivity index (χ1n) is 11.8. The van der Waals surface area contributed by atoms with Gasteiger partial charge in [-0.3, -0.25) is 14.4 Å². The largest absolute Gasteiger partial charge is 0.497 e. The third-order valence-electron chi connectivity index (χ3n) is 5.92. The number of hydrogen-bond acceptors (Lipinski definition) is 7. The van der Waals surface area contributed by atoms with E-state index in [0.717, 1.165) is 16.9 Å². The first kappa shape index (κ1) is 26.8. The molecule has 2 amide bonds. The van der Waals surface area contributed by atoms with Crippen molar-refractivity contribution in [3.63, 3.8) is 0 Å². The predicted molar refractivity (Wildman–Crippen MR) is 140 cm³/mol. The monoisotopic (exact) mass is 538 g/mol. The second-order valence-electron chi connectivity index (χ2n) is 8.43. The zero-order chi connectivity index (χ0) is 27.1. The lowest BCUT2D eigenvalue weighted by Crippen LogP contribution is -2.51. The van der Waals surface area contributed by atoms with E-state index in [4.69, 9.17) is 30.5 Å². The summed E-state index contributed by atoms with van der Waals surface area (Å²) in [6, 6.07) is 17.6. The summed E-state index contributed by atoms with van der Waals surface area (Å²) >= 11 is 6.64. The number of halogens is 1. The number of ketones is 1. The van der Waals surface area contributed by atoms with Crippen LogP contribution in [0.3, 0.4) is 0 Å². The van der Waals surface area contributed by atoms with Gasteiger partial charge >= 0.3 is 0 Å². The summed E-state index contributed by atoms with van der Waals surface area (Å²) < 4.78 is 22.4. The quantitative estimate of drug-likeness (QED) is 0.310. The van der Waals surface area contributed by atoms with E-state index in [1.54, 1.807) is 32.4 Å². The Balaban J connectivity index is 1.58. The Morgan fingerprint density at radius 3 is 2.00 bits per heavy atom. The third kappa shape index (κ3) is 6.36. The van der Waals surface area contributed by atoms with E-state index in [1.165, 1.54) is 11.0 Å². The van der Waals surface area contributed by atoms with E-state index in [9.17, 15) is 14.4 Å². The van der Waals surface area contributed by atoms with Crippen molar-refractivity contribution in [3.05, 3.63) is 82.4 Å². The molecule has 10 heteroatoms. The van der Waals surface area contributed by atoms with Gasteiger partial charge in [-0.15, -0.1) is 0 Å². The van der Waals surface area contributed by atoms with Crippen molar-refractivity contribution in [1.82, 2.24) is 10.2 Å². The predicted octanol–water partition coefficient (Wildman–Crippen LogP) is 3.66. The third-order valence-corrected chi connectivity index (χ3v) is 6.30. The Morgan fingerprint density at radius 2 is 1.45 bits per heavy atom. The maximum absolute atomic E-state index is 13.1. The molecule has 1 fully saturated rings. The smallest absolute Gasteiger partial charge is 0.295 e. The van der Waals surface area contributed by atoms with Crippen molar-refractivity contribution in [2.24, 2.45) is 0 Å². The van der Waals surface area contributed by atoms with Crippen LogP contribution in [-0.2, 0) is 22.8 Å². The first-order valence-corrected chi connectivity index (χ1v) is 12.2. The highest BCUT2D eigenvalue weighted by atomic mass is 35.5. The Bertz CT molecular complexity index is 1310. The lowest BCUT2D eigenvalue weighted by Gasteiger charge is -2.26. The van der Waals surface area contributed by atoms with Gasteiger partial charge in [-0.1, -0.05) is 35.9 Å². The van der Waals surface area contributed by atoms with Gasteiger partial charge in [0.2, 0.25) is 5.91 Å². The average Bonchev–Trinajstić information content (AvgIpc) is 2.95. The number of methoxy groups -OCH3 is 2. The molecular formula is C28H27ClN2O7. The Hall–Kier alpha value is -4.24. The molecule has 1 aliphatic heterocycles. The van der Waals surface area contributed by atoms with Crippen LogP contribution < -0.4 is 24.3 Å². The van der Waals surface area contributed by atoms with Crippen LogP contribution in [-0.4, -0.2) is 56.4 Å². The minimum absolute atomic E-state index is 0.0378. The molecule has 0 atom stereocenters. The number of Topliss-reactive ketones (excluding diaryl/α,β-unsaturated/α-hetero) is 1. The molecule has 1 heterocycles. The summed E-state index contributed by atoms with van der Waals surface area (Å²) in [5, 5.41) is 2.57. The van der Waals surface area contributed by atoms with Crippen LogP contribution in [0, 0.1) is 0 Å². The van der Waals surface area contributed by atoms with Crippen molar-refractivity contribution in [3.8, 4) is 23.0 Å². The molecule has 3 aromatic rings. The number of amides is 2. The highest BCUT2D eigenvalue weighted by molar-refractivity contribution is 6.47. The number of ether oxygens (including phenoxy) is 4. The SMILES string of the molecule is COc1ccc(COc2ccc(C(=O)C(=O)N3CCNC(=O)C3)c(Cl)c2OCc2ccc(OC)cc2)cc1. The van der Waals surface area contributed by atoms with Gasteiger partial charge in [-0.25, -0.2) is 0 Å². The number of piperazine rings is 1. The molecule has 198 valence electrons. The second-order valence-corrected chi connectivity index (χ2v) is 8.81. The first-order chi connectivity index (χ1) is 18.4. The standard InChI is InChI=1S/C28H27ClN2O7/c1-35-20-7-3-18(4-8-20)16-37-23-12-11-22(26(33)28(34)31-14-13-30-24(32)15-31)25(29)27(23)38-17-19-5-9-21(36-2)10-6-19/h3-12H,13-17H2,1-2H3,(H,30,32). The summed E-state index contributed by atoms with van der Waals surface area (Å²) in [6.07, 6.45) is 0. The van der Waals surface area contributed by atoms with Crippen molar-refractivity contribution in [2.45, 2.75) is 13.2 Å². The molecule has 0 saturated carbocycles. The molecule has 0 radical (unpaired) electrons. The number of carbonyl (C=O) groups excluding carboxylic acids is 3. The molecule has 38 heavy (non-hydrogen) atoms. The van der Waals surface area contributed by atoms with Crippen LogP contribution in [0.25, 0.3) is 0 Å². The average molecular weight is 539 g/mol. The molecule has 0 spiro atoms. The van der Waals surface area contributed by atoms with Crippen molar-refractivity contribution in [1.29, 1.82) is 0 Å². The van der Waals surface area contributed by atoms with E-state index in [1.807, 2.05) is 36.4 Å². The number of hydrogen-bond donors (Lipinski definition) is 1. The van der Waals surface area contributed by atoms with E-state index in [-0.39, 0.29) is 55.1 Å².